The normalized spacial score (nSPS) is 12.5. The zero-order chi connectivity index (χ0) is 17.7. The van der Waals surface area contributed by atoms with Crippen LogP contribution >= 0.6 is 23.2 Å². The number of nitrogens with zero attached hydrogens (tertiary/aromatic N) is 4. The van der Waals surface area contributed by atoms with Gasteiger partial charge in [-0.2, -0.15) is 0 Å². The number of rotatable bonds is 9. The van der Waals surface area contributed by atoms with Crippen LogP contribution in [-0.4, -0.2) is 52.3 Å². The summed E-state index contributed by atoms with van der Waals surface area (Å²) >= 11 is 7.11. The van der Waals surface area contributed by atoms with Gasteiger partial charge in [-0.25, -0.2) is 0 Å². The molecule has 0 aliphatic heterocycles. The molecule has 0 aliphatic rings. The Morgan fingerprint density at radius 1 is 0.652 bits per heavy atom. The number of hydrogen-bond donors (Lipinski definition) is 0. The van der Waals surface area contributed by atoms with Crippen LogP contribution in [0, 0.1) is 0 Å². The van der Waals surface area contributed by atoms with Crippen molar-refractivity contribution in [1.29, 1.82) is 0 Å². The van der Waals surface area contributed by atoms with Crippen molar-refractivity contribution in [3.63, 3.8) is 0 Å². The van der Waals surface area contributed by atoms with Gasteiger partial charge in [0.05, 0.1) is 0 Å². The summed E-state index contributed by atoms with van der Waals surface area (Å²) < 4.78 is 10.5. The first-order chi connectivity index (χ1) is 10.9. The molecule has 0 aliphatic carbocycles. The van der Waals surface area contributed by atoms with Crippen molar-refractivity contribution in [1.82, 2.24) is 15.0 Å². The molecule has 0 radical (unpaired) electrons. The quantitative estimate of drug-likeness (QED) is 0.340. The van der Waals surface area contributed by atoms with Crippen LogP contribution in [0.2, 0.25) is 37.2 Å². The van der Waals surface area contributed by atoms with Crippen LogP contribution in [0.5, 0.6) is 0 Å². The van der Waals surface area contributed by atoms with Gasteiger partial charge in [-0.15, -0.1) is 0 Å². The fourth-order valence-corrected chi connectivity index (χ4v) is 61.4. The molecule has 0 spiro atoms. The summed E-state index contributed by atoms with van der Waals surface area (Å²) in [6, 6.07) is 0. The van der Waals surface area contributed by atoms with Crippen molar-refractivity contribution in [2.75, 3.05) is 1.34 Å². The summed E-state index contributed by atoms with van der Waals surface area (Å²) in [5.41, 5.74) is 0. The molecule has 0 N–H and O–H groups in total. The summed E-state index contributed by atoms with van der Waals surface area (Å²) in [7, 11) is 0. The summed E-state index contributed by atoms with van der Waals surface area (Å²) in [4.78, 5) is 13.1. The van der Waals surface area contributed by atoms with Gasteiger partial charge in [0.15, 0.2) is 0 Å². The Kier molecular flexibility index (Phi) is 9.21. The molecule has 0 bridgehead atoms. The van der Waals surface area contributed by atoms with Crippen LogP contribution in [0.1, 0.15) is 41.5 Å². The van der Waals surface area contributed by atoms with Crippen LogP contribution in [0.25, 0.3) is 0 Å². The Morgan fingerprint density at radius 3 is 1.22 bits per heavy atom. The maximum absolute atomic E-state index is 6.13. The molecule has 1 aromatic rings. The van der Waals surface area contributed by atoms with E-state index in [1.807, 2.05) is 0 Å². The average molecular weight is 575 g/mol. The molecular formula is C15H30Cl2N4Sn2. The second-order valence-corrected chi connectivity index (χ2v) is 39.0. The van der Waals surface area contributed by atoms with Crippen molar-refractivity contribution in [2.45, 2.75) is 68.2 Å². The molecule has 0 saturated carbocycles. The third kappa shape index (κ3) is 4.59. The van der Waals surface area contributed by atoms with E-state index in [9.17, 15) is 0 Å². The SMILES string of the molecule is C[CH2][Sn]([CH2]C)([CH2]C)[N](c1nc(Cl)nc(Cl)n1)[Sn]([CH2]C)([CH2]C)[CH2]C. The zero-order valence-electron chi connectivity index (χ0n) is 15.3. The van der Waals surface area contributed by atoms with E-state index in [-0.39, 0.29) is 10.6 Å². The van der Waals surface area contributed by atoms with Crippen molar-refractivity contribution >= 4 is 66.5 Å². The molecular weight excluding hydrogens is 545 g/mol. The van der Waals surface area contributed by atoms with E-state index in [1.165, 1.54) is 26.6 Å². The van der Waals surface area contributed by atoms with Crippen molar-refractivity contribution < 1.29 is 0 Å². The summed E-state index contributed by atoms with van der Waals surface area (Å²) in [6.45, 7) is 14.2. The van der Waals surface area contributed by atoms with Gasteiger partial charge >= 0.3 is 161 Å². The molecule has 0 aromatic carbocycles. The monoisotopic (exact) mass is 576 g/mol. The molecule has 8 heteroatoms. The van der Waals surface area contributed by atoms with Gasteiger partial charge in [0.1, 0.15) is 0 Å². The summed E-state index contributed by atoms with van der Waals surface area (Å²) in [6.07, 6.45) is 0. The molecule has 132 valence electrons. The van der Waals surface area contributed by atoms with Gasteiger partial charge < -0.3 is 0 Å². The van der Waals surface area contributed by atoms with E-state index in [0.29, 0.717) is 0 Å². The molecule has 23 heavy (non-hydrogen) atoms. The Balaban J connectivity index is 3.66. The van der Waals surface area contributed by atoms with Crippen LogP contribution in [-0.2, 0) is 0 Å². The Hall–Kier alpha value is 0.987. The third-order valence-electron chi connectivity index (χ3n) is 5.67. The summed E-state index contributed by atoms with van der Waals surface area (Å²) in [5, 5.41) is 0.439. The van der Waals surface area contributed by atoms with Gasteiger partial charge in [-0.05, 0) is 0 Å². The summed E-state index contributed by atoms with van der Waals surface area (Å²) in [5.74, 6) is 0.790. The predicted octanol–water partition coefficient (Wildman–Crippen LogP) is 6.00. The molecule has 0 unspecified atom stereocenters. The van der Waals surface area contributed by atoms with E-state index in [2.05, 4.69) is 57.8 Å². The van der Waals surface area contributed by atoms with E-state index in [1.54, 1.807) is 0 Å². The van der Waals surface area contributed by atoms with Gasteiger partial charge in [0.2, 0.25) is 0 Å². The minimum absolute atomic E-state index is 0.219. The zero-order valence-corrected chi connectivity index (χ0v) is 22.5. The molecule has 1 rings (SSSR count). The van der Waals surface area contributed by atoms with Crippen molar-refractivity contribution in [3.8, 4) is 0 Å². The minimum atomic E-state index is -2.57. The van der Waals surface area contributed by atoms with Crippen molar-refractivity contribution in [3.05, 3.63) is 10.6 Å². The van der Waals surface area contributed by atoms with E-state index in [4.69, 9.17) is 23.2 Å². The molecule has 1 heterocycles. The van der Waals surface area contributed by atoms with Gasteiger partial charge in [-0.1, -0.05) is 0 Å². The van der Waals surface area contributed by atoms with Gasteiger partial charge in [-0.3, -0.25) is 0 Å². The Bertz CT molecular complexity index is 451. The first-order valence-corrected chi connectivity index (χ1v) is 24.2. The number of aromatic nitrogens is 3. The maximum atomic E-state index is 6.13. The van der Waals surface area contributed by atoms with Crippen molar-refractivity contribution in [2.24, 2.45) is 0 Å². The third-order valence-corrected chi connectivity index (χ3v) is 53.3. The number of anilines is 1. The molecule has 1 aromatic heterocycles. The molecule has 0 fully saturated rings. The molecule has 0 amide bonds. The molecule has 0 saturated heterocycles. The molecule has 0 atom stereocenters. The van der Waals surface area contributed by atoms with E-state index < -0.39 is 37.3 Å². The fraction of sp³-hybridized carbons (Fsp3) is 0.800. The van der Waals surface area contributed by atoms with Crippen LogP contribution in [0.4, 0.5) is 5.95 Å². The van der Waals surface area contributed by atoms with E-state index >= 15 is 0 Å². The van der Waals surface area contributed by atoms with E-state index in [0.717, 1.165) is 5.95 Å². The number of halogens is 2. The topological polar surface area (TPSA) is 41.9 Å². The van der Waals surface area contributed by atoms with Crippen LogP contribution < -0.4 is 1.34 Å². The van der Waals surface area contributed by atoms with Gasteiger partial charge in [0.25, 0.3) is 0 Å². The van der Waals surface area contributed by atoms with Gasteiger partial charge in [0, 0.05) is 0 Å². The van der Waals surface area contributed by atoms with Crippen LogP contribution in [0.3, 0.4) is 0 Å². The average Bonchev–Trinajstić information content (AvgIpc) is 2.55. The fourth-order valence-electron chi connectivity index (χ4n) is 3.79. The first kappa shape index (κ1) is 22.0. The Morgan fingerprint density at radius 2 is 0.957 bits per heavy atom. The second kappa shape index (κ2) is 9.62. The predicted molar refractivity (Wildman–Crippen MR) is 107 cm³/mol. The van der Waals surface area contributed by atoms with Crippen LogP contribution in [0.15, 0.2) is 0 Å². The standard InChI is InChI=1S/C3Cl2N4.6C2H5.2Sn/c4-1-7-2(5)9-3(6)8-1;6*1-2;;/h;6*1H2,2H3;;. The number of hydrogen-bond acceptors (Lipinski definition) is 4. The first-order valence-electron chi connectivity index (χ1n) is 8.75. The Labute approximate surface area is 160 Å². The molecule has 4 nitrogen and oxygen atoms in total. The second-order valence-electron chi connectivity index (χ2n) is 6.08.